The normalized spacial score (nSPS) is 32.3. The lowest BCUT2D eigenvalue weighted by atomic mass is 9.84. The number of rotatable bonds is 4. The highest BCUT2D eigenvalue weighted by Gasteiger charge is 2.30. The second-order valence-electron chi connectivity index (χ2n) is 5.20. The zero-order valence-corrected chi connectivity index (χ0v) is 9.89. The van der Waals surface area contributed by atoms with Crippen molar-refractivity contribution in [2.24, 2.45) is 5.92 Å². The van der Waals surface area contributed by atoms with E-state index in [4.69, 9.17) is 9.84 Å². The molecule has 1 saturated carbocycles. The summed E-state index contributed by atoms with van der Waals surface area (Å²) < 4.78 is 5.98. The van der Waals surface area contributed by atoms with Gasteiger partial charge in [0.1, 0.15) is 0 Å². The van der Waals surface area contributed by atoms with Crippen LogP contribution in [-0.2, 0) is 9.53 Å². The van der Waals surface area contributed by atoms with Crippen LogP contribution in [0.1, 0.15) is 32.6 Å². The summed E-state index contributed by atoms with van der Waals surface area (Å²) in [5.41, 5.74) is 0. The van der Waals surface area contributed by atoms with Crippen molar-refractivity contribution >= 4 is 5.97 Å². The van der Waals surface area contributed by atoms with Gasteiger partial charge in [0, 0.05) is 13.1 Å². The number of piperidine rings is 1. The van der Waals surface area contributed by atoms with Crippen molar-refractivity contribution in [3.63, 3.8) is 0 Å². The van der Waals surface area contributed by atoms with E-state index in [9.17, 15) is 4.79 Å². The number of ether oxygens (including phenoxy) is 1. The van der Waals surface area contributed by atoms with Crippen LogP contribution in [0.5, 0.6) is 0 Å². The first-order valence-electron chi connectivity index (χ1n) is 6.23. The van der Waals surface area contributed by atoms with Gasteiger partial charge in [-0.2, -0.15) is 0 Å². The van der Waals surface area contributed by atoms with Crippen LogP contribution >= 0.6 is 0 Å². The van der Waals surface area contributed by atoms with Crippen LogP contribution in [0.25, 0.3) is 0 Å². The Morgan fingerprint density at radius 3 is 2.44 bits per heavy atom. The molecule has 0 radical (unpaired) electrons. The molecule has 1 saturated heterocycles. The maximum Gasteiger partial charge on any atom is 0.317 e. The third-order valence-electron chi connectivity index (χ3n) is 3.61. The molecule has 2 aliphatic rings. The molecule has 0 bridgehead atoms. The molecule has 1 N–H and O–H groups in total. The summed E-state index contributed by atoms with van der Waals surface area (Å²) in [6.45, 7) is 4.15. The van der Waals surface area contributed by atoms with Crippen molar-refractivity contribution in [3.8, 4) is 0 Å². The van der Waals surface area contributed by atoms with Crippen LogP contribution in [0.3, 0.4) is 0 Å². The van der Waals surface area contributed by atoms with E-state index >= 15 is 0 Å². The molecule has 92 valence electrons. The Labute approximate surface area is 96.6 Å². The molecule has 0 atom stereocenters. The van der Waals surface area contributed by atoms with Crippen molar-refractivity contribution in [2.75, 3.05) is 19.6 Å². The fraction of sp³-hybridized carbons (Fsp3) is 0.917. The van der Waals surface area contributed by atoms with Crippen LogP contribution in [0, 0.1) is 5.92 Å². The van der Waals surface area contributed by atoms with Gasteiger partial charge in [-0.1, -0.05) is 6.92 Å². The van der Waals surface area contributed by atoms with E-state index in [1.165, 1.54) is 12.8 Å². The molecule has 4 heteroatoms. The number of carbonyl (C=O) groups is 1. The first kappa shape index (κ1) is 11.9. The lowest BCUT2D eigenvalue weighted by Crippen LogP contribution is -2.42. The first-order chi connectivity index (χ1) is 7.63. The van der Waals surface area contributed by atoms with Crippen molar-refractivity contribution in [3.05, 3.63) is 0 Å². The minimum absolute atomic E-state index is 0.174. The monoisotopic (exact) mass is 227 g/mol. The average molecular weight is 227 g/mol. The molecule has 1 aliphatic heterocycles. The third kappa shape index (κ3) is 3.19. The number of carboxylic acid groups (broad SMARTS) is 1. The van der Waals surface area contributed by atoms with Gasteiger partial charge < -0.3 is 9.84 Å². The van der Waals surface area contributed by atoms with E-state index in [0.717, 1.165) is 31.8 Å². The highest BCUT2D eigenvalue weighted by molar-refractivity contribution is 5.69. The third-order valence-corrected chi connectivity index (χ3v) is 3.61. The van der Waals surface area contributed by atoms with Crippen LogP contribution in [0.2, 0.25) is 0 Å². The number of hydrogen-bond donors (Lipinski definition) is 1. The molecule has 2 rings (SSSR count). The van der Waals surface area contributed by atoms with Gasteiger partial charge in [-0.25, -0.2) is 0 Å². The van der Waals surface area contributed by atoms with Gasteiger partial charge in [0.25, 0.3) is 0 Å². The first-order valence-corrected chi connectivity index (χ1v) is 6.23. The Bertz CT molecular complexity index is 243. The summed E-state index contributed by atoms with van der Waals surface area (Å²) in [7, 11) is 0. The maximum absolute atomic E-state index is 10.5. The van der Waals surface area contributed by atoms with E-state index < -0.39 is 5.97 Å². The topological polar surface area (TPSA) is 49.8 Å². The molecule has 0 aromatic carbocycles. The Balaban J connectivity index is 1.63. The Morgan fingerprint density at radius 1 is 1.31 bits per heavy atom. The molecular formula is C12H21NO3. The number of aliphatic carboxylic acids is 1. The smallest absolute Gasteiger partial charge is 0.317 e. The second kappa shape index (κ2) is 5.15. The van der Waals surface area contributed by atoms with Crippen molar-refractivity contribution in [1.29, 1.82) is 0 Å². The fourth-order valence-corrected chi connectivity index (χ4v) is 2.61. The summed E-state index contributed by atoms with van der Waals surface area (Å²) in [6, 6.07) is 0. The lowest BCUT2D eigenvalue weighted by Gasteiger charge is -2.38. The van der Waals surface area contributed by atoms with E-state index in [2.05, 4.69) is 6.92 Å². The number of nitrogens with zero attached hydrogens (tertiary/aromatic N) is 1. The zero-order chi connectivity index (χ0) is 11.5. The van der Waals surface area contributed by atoms with Gasteiger partial charge in [-0.15, -0.1) is 0 Å². The van der Waals surface area contributed by atoms with Crippen LogP contribution in [-0.4, -0.2) is 47.8 Å². The number of hydrogen-bond acceptors (Lipinski definition) is 3. The van der Waals surface area contributed by atoms with Gasteiger partial charge in [0.05, 0.1) is 18.8 Å². The highest BCUT2D eigenvalue weighted by Crippen LogP contribution is 2.31. The minimum Gasteiger partial charge on any atom is -0.480 e. The highest BCUT2D eigenvalue weighted by atomic mass is 16.5. The molecule has 1 aliphatic carbocycles. The summed E-state index contributed by atoms with van der Waals surface area (Å²) in [5, 5.41) is 8.68. The molecule has 0 aromatic rings. The quantitative estimate of drug-likeness (QED) is 0.787. The largest absolute Gasteiger partial charge is 0.480 e. The lowest BCUT2D eigenvalue weighted by molar-refractivity contribution is -0.139. The van der Waals surface area contributed by atoms with E-state index in [1.54, 1.807) is 0 Å². The SMILES string of the molecule is C[C@H]1C[C@@H](OC2CCN(CC(=O)O)CC2)C1. The predicted octanol–water partition coefficient (Wildman–Crippen LogP) is 1.35. The van der Waals surface area contributed by atoms with Crippen molar-refractivity contribution in [2.45, 2.75) is 44.8 Å². The summed E-state index contributed by atoms with van der Waals surface area (Å²) in [6.07, 6.45) is 5.22. The van der Waals surface area contributed by atoms with Gasteiger partial charge in [0.2, 0.25) is 0 Å². The predicted molar refractivity (Wildman–Crippen MR) is 60.4 cm³/mol. The second-order valence-corrected chi connectivity index (χ2v) is 5.20. The zero-order valence-electron chi connectivity index (χ0n) is 9.89. The molecule has 4 nitrogen and oxygen atoms in total. The minimum atomic E-state index is -0.729. The maximum atomic E-state index is 10.5. The van der Waals surface area contributed by atoms with Crippen molar-refractivity contribution < 1.29 is 14.6 Å². The standard InChI is InChI=1S/C12H21NO3/c1-9-6-11(7-9)16-10-2-4-13(5-3-10)8-12(14)15/h9-11H,2-8H2,1H3,(H,14,15)/t9-,11+. The summed E-state index contributed by atoms with van der Waals surface area (Å²) in [5.74, 6) is 0.101. The molecule has 1 heterocycles. The number of likely N-dealkylation sites (tertiary alicyclic amines) is 1. The molecular weight excluding hydrogens is 206 g/mol. The molecule has 16 heavy (non-hydrogen) atoms. The molecule has 0 amide bonds. The summed E-state index contributed by atoms with van der Waals surface area (Å²) >= 11 is 0. The molecule has 0 unspecified atom stereocenters. The van der Waals surface area contributed by atoms with Gasteiger partial charge in [0.15, 0.2) is 0 Å². The van der Waals surface area contributed by atoms with E-state index in [0.29, 0.717) is 12.2 Å². The molecule has 2 fully saturated rings. The Morgan fingerprint density at radius 2 is 1.94 bits per heavy atom. The molecule has 0 aromatic heterocycles. The van der Waals surface area contributed by atoms with Gasteiger partial charge in [-0.05, 0) is 31.6 Å². The number of carboxylic acids is 1. The fourth-order valence-electron chi connectivity index (χ4n) is 2.61. The van der Waals surface area contributed by atoms with Crippen molar-refractivity contribution in [1.82, 2.24) is 4.90 Å². The van der Waals surface area contributed by atoms with Crippen LogP contribution in [0.15, 0.2) is 0 Å². The Kier molecular flexibility index (Phi) is 3.82. The Hall–Kier alpha value is -0.610. The van der Waals surface area contributed by atoms with Gasteiger partial charge >= 0.3 is 5.97 Å². The average Bonchev–Trinajstić information content (AvgIpc) is 2.18. The molecule has 0 spiro atoms. The van der Waals surface area contributed by atoms with Gasteiger partial charge in [-0.3, -0.25) is 9.69 Å². The van der Waals surface area contributed by atoms with Crippen LogP contribution in [0.4, 0.5) is 0 Å². The van der Waals surface area contributed by atoms with E-state index in [-0.39, 0.29) is 6.54 Å². The van der Waals surface area contributed by atoms with Crippen LogP contribution < -0.4 is 0 Å². The summed E-state index contributed by atoms with van der Waals surface area (Å²) in [4.78, 5) is 12.5. The van der Waals surface area contributed by atoms with E-state index in [1.807, 2.05) is 4.90 Å².